The molecule has 0 aliphatic heterocycles. The Labute approximate surface area is 142 Å². The standard InChI is InChI=1S/C16H20ClNO3.ClH/c1-19-9-3-8-18-11-13-5-7-15(21-13)12-4-6-16(20-2)14(17)10-12;/h4-7,10,18H,3,8-9,11H2,1-2H3;1H. The van der Waals surface area contributed by atoms with Crippen molar-refractivity contribution < 1.29 is 13.9 Å². The minimum atomic E-state index is 0. The van der Waals surface area contributed by atoms with Crippen molar-refractivity contribution in [2.75, 3.05) is 27.4 Å². The second kappa shape index (κ2) is 9.74. The molecule has 122 valence electrons. The van der Waals surface area contributed by atoms with E-state index in [0.717, 1.165) is 36.7 Å². The van der Waals surface area contributed by atoms with Gasteiger partial charge >= 0.3 is 0 Å². The largest absolute Gasteiger partial charge is 0.495 e. The lowest BCUT2D eigenvalue weighted by Gasteiger charge is -2.04. The normalized spacial score (nSPS) is 10.3. The van der Waals surface area contributed by atoms with E-state index in [1.807, 2.05) is 30.3 Å². The second-order valence-corrected chi connectivity index (χ2v) is 5.05. The predicted octanol–water partition coefficient (Wildman–Crippen LogP) is 4.16. The van der Waals surface area contributed by atoms with E-state index in [0.29, 0.717) is 17.3 Å². The van der Waals surface area contributed by atoms with Crippen molar-refractivity contribution in [2.24, 2.45) is 0 Å². The summed E-state index contributed by atoms with van der Waals surface area (Å²) < 4.78 is 16.0. The van der Waals surface area contributed by atoms with Gasteiger partial charge in [0.25, 0.3) is 0 Å². The van der Waals surface area contributed by atoms with Gasteiger partial charge in [0.1, 0.15) is 17.3 Å². The van der Waals surface area contributed by atoms with Gasteiger partial charge in [-0.15, -0.1) is 12.4 Å². The van der Waals surface area contributed by atoms with Gasteiger partial charge in [-0.05, 0) is 43.3 Å². The molecule has 0 aliphatic carbocycles. The quantitative estimate of drug-likeness (QED) is 0.729. The van der Waals surface area contributed by atoms with Gasteiger partial charge in [0.05, 0.1) is 18.7 Å². The van der Waals surface area contributed by atoms with Gasteiger partial charge in [0.2, 0.25) is 0 Å². The van der Waals surface area contributed by atoms with Gasteiger partial charge in [0.15, 0.2) is 0 Å². The maximum absolute atomic E-state index is 6.13. The van der Waals surface area contributed by atoms with E-state index in [1.54, 1.807) is 14.2 Å². The van der Waals surface area contributed by atoms with Gasteiger partial charge in [-0.25, -0.2) is 0 Å². The van der Waals surface area contributed by atoms with Crippen LogP contribution in [0.15, 0.2) is 34.7 Å². The van der Waals surface area contributed by atoms with Gasteiger partial charge in [-0.2, -0.15) is 0 Å². The molecular weight excluding hydrogens is 325 g/mol. The summed E-state index contributed by atoms with van der Waals surface area (Å²) in [7, 11) is 3.31. The van der Waals surface area contributed by atoms with Crippen molar-refractivity contribution in [2.45, 2.75) is 13.0 Å². The number of methoxy groups -OCH3 is 2. The SMILES string of the molecule is COCCCNCc1ccc(-c2ccc(OC)c(Cl)c2)o1.Cl. The van der Waals surface area contributed by atoms with Crippen LogP contribution in [0, 0.1) is 0 Å². The monoisotopic (exact) mass is 345 g/mol. The Balaban J connectivity index is 0.00000242. The Morgan fingerprint density at radius 2 is 2.00 bits per heavy atom. The van der Waals surface area contributed by atoms with E-state index in [9.17, 15) is 0 Å². The third kappa shape index (κ3) is 5.21. The van der Waals surface area contributed by atoms with E-state index in [1.165, 1.54) is 0 Å². The summed E-state index contributed by atoms with van der Waals surface area (Å²) in [6, 6.07) is 9.53. The van der Waals surface area contributed by atoms with Crippen molar-refractivity contribution in [3.63, 3.8) is 0 Å². The number of nitrogens with one attached hydrogen (secondary N) is 1. The minimum absolute atomic E-state index is 0. The van der Waals surface area contributed by atoms with Gasteiger partial charge in [-0.1, -0.05) is 11.6 Å². The van der Waals surface area contributed by atoms with Gasteiger partial charge < -0.3 is 19.2 Å². The van der Waals surface area contributed by atoms with Crippen LogP contribution < -0.4 is 10.1 Å². The first-order chi connectivity index (χ1) is 10.2. The molecule has 22 heavy (non-hydrogen) atoms. The smallest absolute Gasteiger partial charge is 0.137 e. The number of hydrogen-bond donors (Lipinski definition) is 1. The van der Waals surface area contributed by atoms with E-state index in [-0.39, 0.29) is 12.4 Å². The highest BCUT2D eigenvalue weighted by atomic mass is 35.5. The van der Waals surface area contributed by atoms with Crippen LogP contribution in [0.1, 0.15) is 12.2 Å². The maximum atomic E-state index is 6.13. The molecule has 0 atom stereocenters. The fourth-order valence-electron chi connectivity index (χ4n) is 2.00. The van der Waals surface area contributed by atoms with E-state index >= 15 is 0 Å². The third-order valence-corrected chi connectivity index (χ3v) is 3.39. The molecule has 0 aliphatic rings. The summed E-state index contributed by atoms with van der Waals surface area (Å²) in [5, 5.41) is 3.89. The molecular formula is C16H21Cl2NO3. The lowest BCUT2D eigenvalue weighted by Crippen LogP contribution is -2.15. The molecule has 0 spiro atoms. The predicted molar refractivity (Wildman–Crippen MR) is 91.2 cm³/mol. The van der Waals surface area contributed by atoms with E-state index in [4.69, 9.17) is 25.5 Å². The molecule has 0 fully saturated rings. The van der Waals surface area contributed by atoms with E-state index in [2.05, 4.69) is 5.32 Å². The lowest BCUT2D eigenvalue weighted by atomic mass is 10.2. The number of furan rings is 1. The van der Waals surface area contributed by atoms with Crippen molar-refractivity contribution in [3.05, 3.63) is 41.1 Å². The number of hydrogen-bond acceptors (Lipinski definition) is 4. The average Bonchev–Trinajstić information content (AvgIpc) is 2.96. The Hall–Kier alpha value is -1.20. The first-order valence-electron chi connectivity index (χ1n) is 6.87. The molecule has 4 nitrogen and oxygen atoms in total. The van der Waals surface area contributed by atoms with Crippen LogP contribution in [0.5, 0.6) is 5.75 Å². The van der Waals surface area contributed by atoms with Gasteiger partial charge in [-0.3, -0.25) is 0 Å². The van der Waals surface area contributed by atoms with Gasteiger partial charge in [0, 0.05) is 19.3 Å². The van der Waals surface area contributed by atoms with Crippen LogP contribution >= 0.6 is 24.0 Å². The molecule has 0 bridgehead atoms. The molecule has 1 heterocycles. The number of halogens is 2. The number of benzene rings is 1. The van der Waals surface area contributed by atoms with Crippen molar-refractivity contribution >= 4 is 24.0 Å². The molecule has 0 saturated heterocycles. The Morgan fingerprint density at radius 1 is 1.18 bits per heavy atom. The Morgan fingerprint density at radius 3 is 2.68 bits per heavy atom. The summed E-state index contributed by atoms with van der Waals surface area (Å²) in [5.74, 6) is 2.36. The molecule has 0 saturated carbocycles. The highest BCUT2D eigenvalue weighted by Gasteiger charge is 2.08. The van der Waals surface area contributed by atoms with Crippen LogP contribution in [0.2, 0.25) is 5.02 Å². The summed E-state index contributed by atoms with van der Waals surface area (Å²) >= 11 is 6.13. The summed E-state index contributed by atoms with van der Waals surface area (Å²) in [6.45, 7) is 2.37. The summed E-state index contributed by atoms with van der Waals surface area (Å²) in [6.07, 6.45) is 0.984. The molecule has 1 N–H and O–H groups in total. The second-order valence-electron chi connectivity index (χ2n) is 4.64. The van der Waals surface area contributed by atoms with E-state index < -0.39 is 0 Å². The Kier molecular flexibility index (Phi) is 8.35. The van der Waals surface area contributed by atoms with Crippen molar-refractivity contribution in [1.29, 1.82) is 0 Å². The minimum Gasteiger partial charge on any atom is -0.495 e. The number of ether oxygens (including phenoxy) is 2. The molecule has 0 radical (unpaired) electrons. The summed E-state index contributed by atoms with van der Waals surface area (Å²) in [4.78, 5) is 0. The third-order valence-electron chi connectivity index (χ3n) is 3.10. The topological polar surface area (TPSA) is 43.6 Å². The zero-order valence-electron chi connectivity index (χ0n) is 12.7. The molecule has 0 unspecified atom stereocenters. The van der Waals surface area contributed by atoms with Crippen LogP contribution in [-0.2, 0) is 11.3 Å². The van der Waals surface area contributed by atoms with Crippen molar-refractivity contribution in [3.8, 4) is 17.1 Å². The van der Waals surface area contributed by atoms with Crippen molar-refractivity contribution in [1.82, 2.24) is 5.32 Å². The maximum Gasteiger partial charge on any atom is 0.137 e. The lowest BCUT2D eigenvalue weighted by molar-refractivity contribution is 0.194. The number of rotatable bonds is 8. The Bertz CT molecular complexity index is 572. The highest BCUT2D eigenvalue weighted by molar-refractivity contribution is 6.32. The van der Waals surface area contributed by atoms with Crippen LogP contribution in [0.4, 0.5) is 0 Å². The zero-order chi connectivity index (χ0) is 15.1. The molecule has 2 rings (SSSR count). The fraction of sp³-hybridized carbons (Fsp3) is 0.375. The highest BCUT2D eigenvalue weighted by Crippen LogP contribution is 2.30. The fourth-order valence-corrected chi connectivity index (χ4v) is 2.26. The zero-order valence-corrected chi connectivity index (χ0v) is 14.3. The first-order valence-corrected chi connectivity index (χ1v) is 7.24. The molecule has 1 aromatic carbocycles. The average molecular weight is 346 g/mol. The van der Waals surface area contributed by atoms with Crippen LogP contribution in [0.25, 0.3) is 11.3 Å². The molecule has 0 amide bonds. The van der Waals surface area contributed by atoms with Crippen LogP contribution in [-0.4, -0.2) is 27.4 Å². The molecule has 6 heteroatoms. The van der Waals surface area contributed by atoms with Crippen LogP contribution in [0.3, 0.4) is 0 Å². The molecule has 2 aromatic rings. The first kappa shape index (κ1) is 18.8. The molecule has 1 aromatic heterocycles. The summed E-state index contributed by atoms with van der Waals surface area (Å²) in [5.41, 5.74) is 0.937.